The number of aromatic nitrogens is 4. The number of carbonyl (C=O) groups is 3. The van der Waals surface area contributed by atoms with Crippen LogP contribution in [0.5, 0.6) is 5.75 Å². The lowest BCUT2D eigenvalue weighted by Crippen LogP contribution is -2.59. The average Bonchev–Trinajstić information content (AvgIpc) is 3.76. The number of likely N-dealkylation sites (tertiary alicyclic amines) is 1. The Bertz CT molecular complexity index is 1810. The fraction of sp³-hybridized carbons (Fsp3) is 0.450. The molecule has 54 heavy (non-hydrogen) atoms. The molecule has 14 nitrogen and oxygen atoms in total. The SMILES string of the molecule is CCOC(=O)CN1CCN(NC(=O)C2(c3ccccc3)CCN(CCC(CN(C)C(=O)c3cc(-n4cnnn4)ccc3OC)c3ccccc3)CC2)CC1. The van der Waals surface area contributed by atoms with Gasteiger partial charge in [0, 0.05) is 45.7 Å². The van der Waals surface area contributed by atoms with Crippen molar-refractivity contribution in [2.45, 2.75) is 37.5 Å². The van der Waals surface area contributed by atoms with Gasteiger partial charge in [-0.2, -0.15) is 0 Å². The number of piperazine rings is 1. The standard InChI is InChI=1S/C40H51N9O5/c1-4-54-37(50)29-47-23-25-48(26-24-47)42-39(52)40(33-13-9-6-10-14-33)18-21-46(22-19-40)20-17-32(31-11-7-5-8-12-31)28-45(2)38(51)35-27-34(15-16-36(35)53-3)49-30-41-43-44-49/h5-16,27,30,32H,4,17-26,28-29H2,1-3H3,(H,42,52). The van der Waals surface area contributed by atoms with Crippen molar-refractivity contribution in [1.82, 2.24) is 45.3 Å². The maximum Gasteiger partial charge on any atom is 0.320 e. The minimum Gasteiger partial charge on any atom is -0.496 e. The molecule has 2 fully saturated rings. The van der Waals surface area contributed by atoms with E-state index in [9.17, 15) is 14.4 Å². The second-order valence-electron chi connectivity index (χ2n) is 14.0. The summed E-state index contributed by atoms with van der Waals surface area (Å²) in [4.78, 5) is 46.4. The zero-order valence-corrected chi connectivity index (χ0v) is 31.5. The van der Waals surface area contributed by atoms with Gasteiger partial charge >= 0.3 is 5.97 Å². The van der Waals surface area contributed by atoms with Crippen molar-refractivity contribution in [2.24, 2.45) is 0 Å². The van der Waals surface area contributed by atoms with Crippen LogP contribution in [0.15, 0.2) is 85.2 Å². The molecule has 2 amide bonds. The number of nitrogens with one attached hydrogen (secondary N) is 1. The molecule has 0 saturated carbocycles. The molecular formula is C40H51N9O5. The minimum absolute atomic E-state index is 0.0223. The van der Waals surface area contributed by atoms with Crippen molar-refractivity contribution >= 4 is 17.8 Å². The van der Waals surface area contributed by atoms with Crippen LogP contribution in [0.1, 0.15) is 53.6 Å². The maximum atomic E-state index is 14.2. The zero-order chi connectivity index (χ0) is 37.9. The van der Waals surface area contributed by atoms with Gasteiger partial charge in [-0.1, -0.05) is 60.7 Å². The van der Waals surface area contributed by atoms with Crippen LogP contribution in [0.3, 0.4) is 0 Å². The summed E-state index contributed by atoms with van der Waals surface area (Å²) >= 11 is 0. The minimum atomic E-state index is -0.652. The van der Waals surface area contributed by atoms with E-state index < -0.39 is 5.41 Å². The van der Waals surface area contributed by atoms with Crippen LogP contribution < -0.4 is 10.2 Å². The van der Waals surface area contributed by atoms with Crippen LogP contribution in [0.4, 0.5) is 0 Å². The summed E-state index contributed by atoms with van der Waals surface area (Å²) in [6.45, 7) is 7.95. The van der Waals surface area contributed by atoms with Gasteiger partial charge in [0.1, 0.15) is 12.1 Å². The molecule has 0 spiro atoms. The van der Waals surface area contributed by atoms with Gasteiger partial charge < -0.3 is 19.3 Å². The second-order valence-corrected chi connectivity index (χ2v) is 14.0. The highest BCUT2D eigenvalue weighted by Crippen LogP contribution is 2.37. The number of likely N-dealkylation sites (N-methyl/N-ethyl adjacent to an activating group) is 1. The quantitative estimate of drug-likeness (QED) is 0.180. The van der Waals surface area contributed by atoms with Crippen LogP contribution in [0.2, 0.25) is 0 Å². The number of benzene rings is 3. The molecule has 6 rings (SSSR count). The van der Waals surface area contributed by atoms with E-state index >= 15 is 0 Å². The van der Waals surface area contributed by atoms with Crippen LogP contribution in [-0.2, 0) is 19.7 Å². The molecule has 1 N–H and O–H groups in total. The van der Waals surface area contributed by atoms with Crippen molar-refractivity contribution in [3.05, 3.63) is 102 Å². The molecular weight excluding hydrogens is 686 g/mol. The van der Waals surface area contributed by atoms with E-state index in [0.717, 1.165) is 31.6 Å². The molecule has 3 heterocycles. The predicted molar refractivity (Wildman–Crippen MR) is 203 cm³/mol. The number of hydrogen-bond acceptors (Lipinski definition) is 11. The average molecular weight is 738 g/mol. The summed E-state index contributed by atoms with van der Waals surface area (Å²) in [6.07, 6.45) is 3.71. The Morgan fingerprint density at radius 1 is 0.907 bits per heavy atom. The zero-order valence-electron chi connectivity index (χ0n) is 31.5. The Balaban J connectivity index is 1.09. The van der Waals surface area contributed by atoms with Crippen molar-refractivity contribution in [3.8, 4) is 11.4 Å². The number of hydrazine groups is 1. The van der Waals surface area contributed by atoms with Gasteiger partial charge in [0.2, 0.25) is 5.91 Å². The fourth-order valence-corrected chi connectivity index (χ4v) is 7.55. The first-order valence-electron chi connectivity index (χ1n) is 18.7. The van der Waals surface area contributed by atoms with Crippen molar-refractivity contribution in [3.63, 3.8) is 0 Å². The Kier molecular flexibility index (Phi) is 13.0. The third kappa shape index (κ3) is 9.30. The van der Waals surface area contributed by atoms with Crippen LogP contribution in [0, 0.1) is 0 Å². The van der Waals surface area contributed by atoms with E-state index in [1.807, 2.05) is 61.4 Å². The lowest BCUT2D eigenvalue weighted by molar-refractivity contribution is -0.145. The first-order valence-corrected chi connectivity index (χ1v) is 18.7. The molecule has 0 bridgehead atoms. The number of rotatable bonds is 15. The number of ether oxygens (including phenoxy) is 2. The summed E-state index contributed by atoms with van der Waals surface area (Å²) in [5, 5.41) is 13.4. The van der Waals surface area contributed by atoms with E-state index in [1.54, 1.807) is 24.1 Å². The molecule has 286 valence electrons. The molecule has 0 radical (unpaired) electrons. The number of esters is 1. The Labute approximate surface area is 317 Å². The van der Waals surface area contributed by atoms with Gasteiger partial charge in [-0.15, -0.1) is 5.10 Å². The molecule has 1 atom stereocenters. The second kappa shape index (κ2) is 18.2. The molecule has 2 aliphatic rings. The van der Waals surface area contributed by atoms with E-state index in [4.69, 9.17) is 9.47 Å². The lowest BCUT2D eigenvalue weighted by atomic mass is 9.72. The first kappa shape index (κ1) is 38.5. The largest absolute Gasteiger partial charge is 0.496 e. The first-order chi connectivity index (χ1) is 26.3. The highest BCUT2D eigenvalue weighted by molar-refractivity contribution is 5.97. The van der Waals surface area contributed by atoms with Crippen molar-refractivity contribution < 1.29 is 23.9 Å². The van der Waals surface area contributed by atoms with E-state index in [-0.39, 0.29) is 30.2 Å². The lowest BCUT2D eigenvalue weighted by Gasteiger charge is -2.43. The number of amides is 2. The Morgan fingerprint density at radius 3 is 2.26 bits per heavy atom. The molecule has 2 saturated heterocycles. The van der Waals surface area contributed by atoms with Crippen LogP contribution >= 0.6 is 0 Å². The summed E-state index contributed by atoms with van der Waals surface area (Å²) in [5.41, 5.74) is 5.90. The predicted octanol–water partition coefficient (Wildman–Crippen LogP) is 3.16. The summed E-state index contributed by atoms with van der Waals surface area (Å²) in [6, 6.07) is 25.8. The normalized spacial score (nSPS) is 17.0. The molecule has 1 aromatic heterocycles. The highest BCUT2D eigenvalue weighted by atomic mass is 16.5. The van der Waals surface area contributed by atoms with E-state index in [0.29, 0.717) is 69.2 Å². The molecule has 3 aromatic carbocycles. The molecule has 1 unspecified atom stereocenters. The van der Waals surface area contributed by atoms with E-state index in [1.165, 1.54) is 16.6 Å². The highest BCUT2D eigenvalue weighted by Gasteiger charge is 2.43. The van der Waals surface area contributed by atoms with Gasteiger partial charge in [-0.3, -0.25) is 24.7 Å². The summed E-state index contributed by atoms with van der Waals surface area (Å²) < 4.78 is 12.2. The number of hydrogen-bond donors (Lipinski definition) is 1. The number of tetrazole rings is 1. The van der Waals surface area contributed by atoms with E-state index in [2.05, 4.69) is 55.0 Å². The van der Waals surface area contributed by atoms with Crippen LogP contribution in [-0.4, -0.2) is 137 Å². The van der Waals surface area contributed by atoms with Gasteiger partial charge in [-0.25, -0.2) is 9.69 Å². The number of carbonyl (C=O) groups excluding carboxylic acids is 3. The molecule has 14 heteroatoms. The van der Waals surface area contributed by atoms with Crippen molar-refractivity contribution in [1.29, 1.82) is 0 Å². The molecule has 2 aliphatic heterocycles. The Morgan fingerprint density at radius 2 is 1.61 bits per heavy atom. The van der Waals surface area contributed by atoms with Gasteiger partial charge in [0.05, 0.1) is 36.9 Å². The van der Waals surface area contributed by atoms with Gasteiger partial charge in [0.25, 0.3) is 5.91 Å². The third-order valence-corrected chi connectivity index (χ3v) is 10.7. The summed E-state index contributed by atoms with van der Waals surface area (Å²) in [5.74, 6) is 0.217. The Hall–Kier alpha value is -5.18. The third-order valence-electron chi connectivity index (χ3n) is 10.7. The van der Waals surface area contributed by atoms with Crippen LogP contribution in [0.25, 0.3) is 5.69 Å². The summed E-state index contributed by atoms with van der Waals surface area (Å²) in [7, 11) is 3.39. The topological polar surface area (TPSA) is 138 Å². The molecule has 0 aliphatic carbocycles. The van der Waals surface area contributed by atoms with Crippen molar-refractivity contribution in [2.75, 3.05) is 79.7 Å². The van der Waals surface area contributed by atoms with Gasteiger partial charge in [-0.05, 0) is 85.6 Å². The monoisotopic (exact) mass is 737 g/mol. The van der Waals surface area contributed by atoms with Gasteiger partial charge in [0.15, 0.2) is 0 Å². The smallest absolute Gasteiger partial charge is 0.320 e. The number of methoxy groups -OCH3 is 1. The number of piperidine rings is 1. The molecule has 4 aromatic rings. The number of nitrogens with zero attached hydrogens (tertiary/aromatic N) is 8. The fourth-order valence-electron chi connectivity index (χ4n) is 7.55. The maximum absolute atomic E-state index is 14.2.